The Morgan fingerprint density at radius 3 is 2.70 bits per heavy atom. The van der Waals surface area contributed by atoms with Crippen molar-refractivity contribution >= 4 is 23.2 Å². The standard InChI is InChI=1S/C13H13N3O3S/c1-8-15-9(7-20-8)5-6-14-12(17)10-3-2-4-11(16-10)13(18)19/h2-4,7H,5-6H2,1H3,(H,14,17)(H,18,19). The van der Waals surface area contributed by atoms with Gasteiger partial charge in [0.05, 0.1) is 10.7 Å². The van der Waals surface area contributed by atoms with Gasteiger partial charge in [0.15, 0.2) is 0 Å². The zero-order valence-corrected chi connectivity index (χ0v) is 11.6. The summed E-state index contributed by atoms with van der Waals surface area (Å²) in [4.78, 5) is 30.7. The molecule has 0 aliphatic rings. The number of pyridine rings is 1. The number of nitrogens with zero attached hydrogens (tertiary/aromatic N) is 2. The second-order valence-corrected chi connectivity index (χ2v) is 5.14. The molecule has 0 saturated carbocycles. The number of carboxylic acids is 1. The highest BCUT2D eigenvalue weighted by atomic mass is 32.1. The number of aromatic nitrogens is 2. The molecule has 2 heterocycles. The third kappa shape index (κ3) is 3.61. The van der Waals surface area contributed by atoms with E-state index in [1.165, 1.54) is 18.2 Å². The third-order valence-corrected chi connectivity index (χ3v) is 3.36. The summed E-state index contributed by atoms with van der Waals surface area (Å²) in [6.45, 7) is 2.36. The Balaban J connectivity index is 1.91. The SMILES string of the molecule is Cc1nc(CCNC(=O)c2cccc(C(=O)O)n2)cs1. The van der Waals surface area contributed by atoms with Gasteiger partial charge in [0, 0.05) is 18.3 Å². The number of thiazole rings is 1. The van der Waals surface area contributed by atoms with Crippen LogP contribution in [0.5, 0.6) is 0 Å². The molecule has 0 fully saturated rings. The second kappa shape index (κ2) is 6.25. The summed E-state index contributed by atoms with van der Waals surface area (Å²) in [5, 5.41) is 14.4. The molecule has 1 amide bonds. The van der Waals surface area contributed by atoms with E-state index in [2.05, 4.69) is 15.3 Å². The number of aryl methyl sites for hydroxylation is 1. The molecule has 104 valence electrons. The van der Waals surface area contributed by atoms with Crippen LogP contribution in [0.4, 0.5) is 0 Å². The van der Waals surface area contributed by atoms with Crippen LogP contribution in [0.2, 0.25) is 0 Å². The molecule has 0 aromatic carbocycles. The summed E-state index contributed by atoms with van der Waals surface area (Å²) < 4.78 is 0. The Kier molecular flexibility index (Phi) is 4.41. The molecule has 0 spiro atoms. The second-order valence-electron chi connectivity index (χ2n) is 4.08. The van der Waals surface area contributed by atoms with Crippen molar-refractivity contribution in [3.8, 4) is 0 Å². The van der Waals surface area contributed by atoms with Crippen molar-refractivity contribution in [2.45, 2.75) is 13.3 Å². The monoisotopic (exact) mass is 291 g/mol. The van der Waals surface area contributed by atoms with Gasteiger partial charge < -0.3 is 10.4 Å². The molecule has 0 radical (unpaired) electrons. The Bertz CT molecular complexity index is 639. The zero-order valence-electron chi connectivity index (χ0n) is 10.8. The first-order valence-electron chi connectivity index (χ1n) is 5.96. The lowest BCUT2D eigenvalue weighted by Crippen LogP contribution is -2.27. The molecule has 0 unspecified atom stereocenters. The van der Waals surface area contributed by atoms with E-state index >= 15 is 0 Å². The fraction of sp³-hybridized carbons (Fsp3) is 0.231. The molecule has 2 N–H and O–H groups in total. The van der Waals surface area contributed by atoms with E-state index in [-0.39, 0.29) is 17.3 Å². The number of aromatic carboxylic acids is 1. The summed E-state index contributed by atoms with van der Waals surface area (Å²) in [5.74, 6) is -1.54. The van der Waals surface area contributed by atoms with E-state index in [0.29, 0.717) is 13.0 Å². The minimum absolute atomic E-state index is 0.0966. The predicted molar refractivity (Wildman–Crippen MR) is 74.1 cm³/mol. The van der Waals surface area contributed by atoms with Crippen molar-refractivity contribution < 1.29 is 14.7 Å². The van der Waals surface area contributed by atoms with Gasteiger partial charge in [0.2, 0.25) is 0 Å². The first-order valence-corrected chi connectivity index (χ1v) is 6.84. The van der Waals surface area contributed by atoms with Gasteiger partial charge in [-0.05, 0) is 19.1 Å². The highest BCUT2D eigenvalue weighted by Gasteiger charge is 2.11. The van der Waals surface area contributed by atoms with Gasteiger partial charge in [-0.3, -0.25) is 4.79 Å². The Morgan fingerprint density at radius 2 is 2.05 bits per heavy atom. The minimum atomic E-state index is -1.16. The average Bonchev–Trinajstić information content (AvgIpc) is 2.84. The van der Waals surface area contributed by atoms with E-state index in [0.717, 1.165) is 10.7 Å². The number of hydrogen-bond acceptors (Lipinski definition) is 5. The van der Waals surface area contributed by atoms with Crippen LogP contribution < -0.4 is 5.32 Å². The first-order chi connectivity index (χ1) is 9.56. The summed E-state index contributed by atoms with van der Waals surface area (Å²) >= 11 is 1.56. The summed E-state index contributed by atoms with van der Waals surface area (Å²) in [6, 6.07) is 4.32. The van der Waals surface area contributed by atoms with Gasteiger partial charge in [-0.25, -0.2) is 14.8 Å². The van der Waals surface area contributed by atoms with Gasteiger partial charge in [0.1, 0.15) is 11.4 Å². The van der Waals surface area contributed by atoms with Gasteiger partial charge in [0.25, 0.3) is 5.91 Å². The quantitative estimate of drug-likeness (QED) is 0.871. The number of amides is 1. The van der Waals surface area contributed by atoms with Gasteiger partial charge in [-0.15, -0.1) is 11.3 Å². The van der Waals surface area contributed by atoms with Crippen LogP contribution >= 0.6 is 11.3 Å². The van der Waals surface area contributed by atoms with Crippen LogP contribution in [0.25, 0.3) is 0 Å². The van der Waals surface area contributed by atoms with Crippen LogP contribution in [0, 0.1) is 6.92 Å². The predicted octanol–water partition coefficient (Wildman–Crippen LogP) is 1.52. The maximum Gasteiger partial charge on any atom is 0.354 e. The molecule has 2 rings (SSSR count). The normalized spacial score (nSPS) is 10.2. The highest BCUT2D eigenvalue weighted by Crippen LogP contribution is 2.08. The first kappa shape index (κ1) is 14.1. The molecule has 0 aliphatic heterocycles. The fourth-order valence-corrected chi connectivity index (χ4v) is 2.25. The lowest BCUT2D eigenvalue weighted by Gasteiger charge is -2.04. The number of hydrogen-bond donors (Lipinski definition) is 2. The van der Waals surface area contributed by atoms with Crippen LogP contribution in [0.15, 0.2) is 23.6 Å². The average molecular weight is 291 g/mol. The fourth-order valence-electron chi connectivity index (χ4n) is 1.60. The van der Waals surface area contributed by atoms with E-state index in [9.17, 15) is 9.59 Å². The molecule has 2 aromatic heterocycles. The van der Waals surface area contributed by atoms with E-state index in [1.54, 1.807) is 11.3 Å². The van der Waals surface area contributed by atoms with Crippen LogP contribution in [-0.2, 0) is 6.42 Å². The molecular formula is C13H13N3O3S. The molecule has 0 atom stereocenters. The van der Waals surface area contributed by atoms with Crippen LogP contribution in [0.3, 0.4) is 0 Å². The minimum Gasteiger partial charge on any atom is -0.477 e. The topological polar surface area (TPSA) is 92.2 Å². The summed E-state index contributed by atoms with van der Waals surface area (Å²) in [7, 11) is 0. The molecule has 0 aliphatic carbocycles. The van der Waals surface area contributed by atoms with E-state index in [4.69, 9.17) is 5.11 Å². The number of carboxylic acid groups (broad SMARTS) is 1. The molecule has 6 nitrogen and oxygen atoms in total. The lowest BCUT2D eigenvalue weighted by atomic mass is 10.2. The van der Waals surface area contributed by atoms with Gasteiger partial charge in [-0.1, -0.05) is 6.07 Å². The maximum atomic E-state index is 11.8. The lowest BCUT2D eigenvalue weighted by molar-refractivity contribution is 0.0690. The van der Waals surface area contributed by atoms with Crippen molar-refractivity contribution in [2.75, 3.05) is 6.54 Å². The van der Waals surface area contributed by atoms with Crippen molar-refractivity contribution in [3.05, 3.63) is 45.7 Å². The maximum absolute atomic E-state index is 11.8. The zero-order chi connectivity index (χ0) is 14.5. The van der Waals surface area contributed by atoms with Crippen molar-refractivity contribution in [3.63, 3.8) is 0 Å². The van der Waals surface area contributed by atoms with Crippen LogP contribution in [0.1, 0.15) is 31.7 Å². The Morgan fingerprint density at radius 1 is 1.30 bits per heavy atom. The smallest absolute Gasteiger partial charge is 0.354 e. The van der Waals surface area contributed by atoms with Gasteiger partial charge in [-0.2, -0.15) is 0 Å². The molecular weight excluding hydrogens is 278 g/mol. The highest BCUT2D eigenvalue weighted by molar-refractivity contribution is 7.09. The molecule has 0 saturated heterocycles. The molecule has 0 bridgehead atoms. The Hall–Kier alpha value is -2.28. The van der Waals surface area contributed by atoms with Crippen LogP contribution in [-0.4, -0.2) is 33.5 Å². The number of carbonyl (C=O) groups is 2. The Labute approximate surface area is 119 Å². The molecule has 7 heteroatoms. The molecule has 2 aromatic rings. The van der Waals surface area contributed by atoms with Crippen molar-refractivity contribution in [1.29, 1.82) is 0 Å². The summed E-state index contributed by atoms with van der Waals surface area (Å²) in [6.07, 6.45) is 0.634. The van der Waals surface area contributed by atoms with Crippen molar-refractivity contribution in [2.24, 2.45) is 0 Å². The number of nitrogens with one attached hydrogen (secondary N) is 1. The van der Waals surface area contributed by atoms with E-state index in [1.807, 2.05) is 12.3 Å². The number of rotatable bonds is 5. The van der Waals surface area contributed by atoms with E-state index < -0.39 is 5.97 Å². The number of carbonyl (C=O) groups excluding carboxylic acids is 1. The third-order valence-electron chi connectivity index (χ3n) is 2.53. The largest absolute Gasteiger partial charge is 0.477 e. The van der Waals surface area contributed by atoms with Crippen molar-refractivity contribution in [1.82, 2.24) is 15.3 Å². The summed E-state index contributed by atoms with van der Waals surface area (Å²) in [5.41, 5.74) is 0.882. The molecule has 20 heavy (non-hydrogen) atoms. The van der Waals surface area contributed by atoms with Gasteiger partial charge >= 0.3 is 5.97 Å².